The number of carbonyl (C=O) groups excluding carboxylic acids is 1. The van der Waals surface area contributed by atoms with Gasteiger partial charge in [0.1, 0.15) is 0 Å². The fourth-order valence-electron chi connectivity index (χ4n) is 2.91. The largest absolute Gasteiger partial charge is 0.369 e. The topological polar surface area (TPSA) is 43.1 Å². The van der Waals surface area contributed by atoms with Gasteiger partial charge in [-0.1, -0.05) is 33.3 Å². The van der Waals surface area contributed by atoms with Gasteiger partial charge in [-0.05, 0) is 48.8 Å². The van der Waals surface area contributed by atoms with E-state index in [2.05, 4.69) is 48.5 Å². The second kappa shape index (κ2) is 4.32. The van der Waals surface area contributed by atoms with Crippen LogP contribution in [0.4, 0.5) is 0 Å². The molecule has 0 spiro atoms. The lowest BCUT2D eigenvalue weighted by Crippen LogP contribution is -2.37. The minimum absolute atomic E-state index is 0.123. The number of allylic oxidation sites excluding steroid dienone is 3. The van der Waals surface area contributed by atoms with Crippen LogP contribution in [0.3, 0.4) is 0 Å². The molecule has 0 aromatic rings. The van der Waals surface area contributed by atoms with E-state index in [0.717, 1.165) is 0 Å². The van der Waals surface area contributed by atoms with Gasteiger partial charge in [0.05, 0.1) is 5.92 Å². The molecule has 0 bridgehead atoms. The average molecular weight is 235 g/mol. The zero-order chi connectivity index (χ0) is 13.5. The van der Waals surface area contributed by atoms with Gasteiger partial charge < -0.3 is 5.73 Å². The quantitative estimate of drug-likeness (QED) is 0.782. The van der Waals surface area contributed by atoms with Crippen molar-refractivity contribution in [2.45, 2.75) is 48.5 Å². The van der Waals surface area contributed by atoms with Gasteiger partial charge in [-0.2, -0.15) is 0 Å². The summed E-state index contributed by atoms with van der Waals surface area (Å²) in [6, 6.07) is 0. The Bertz CT molecular complexity index is 407. The summed E-state index contributed by atoms with van der Waals surface area (Å²) in [5, 5.41) is 0. The van der Waals surface area contributed by atoms with Gasteiger partial charge in [-0.15, -0.1) is 0 Å². The highest BCUT2D eigenvalue weighted by atomic mass is 16.1. The van der Waals surface area contributed by atoms with E-state index in [1.165, 1.54) is 22.3 Å². The van der Waals surface area contributed by atoms with E-state index in [-0.39, 0.29) is 17.2 Å². The van der Waals surface area contributed by atoms with Crippen LogP contribution in [0.25, 0.3) is 0 Å². The van der Waals surface area contributed by atoms with Crippen LogP contribution in [0, 0.1) is 17.3 Å². The van der Waals surface area contributed by atoms with Crippen LogP contribution in [0.1, 0.15) is 48.5 Å². The maximum atomic E-state index is 11.8. The highest BCUT2D eigenvalue weighted by molar-refractivity contribution is 5.82. The van der Waals surface area contributed by atoms with Crippen LogP contribution in [0.5, 0.6) is 0 Å². The average Bonchev–Trinajstić information content (AvgIpc) is 2.33. The Kier molecular flexibility index (Phi) is 3.56. The molecule has 96 valence electrons. The molecule has 0 heterocycles. The molecule has 1 rings (SSSR count). The van der Waals surface area contributed by atoms with Crippen molar-refractivity contribution in [3.63, 3.8) is 0 Å². The molecule has 1 aliphatic carbocycles. The van der Waals surface area contributed by atoms with Gasteiger partial charge in [0.25, 0.3) is 0 Å². The lowest BCUT2D eigenvalue weighted by molar-refractivity contribution is -0.123. The Morgan fingerprint density at radius 3 is 1.88 bits per heavy atom. The number of amides is 1. The summed E-state index contributed by atoms with van der Waals surface area (Å²) < 4.78 is 0. The third-order valence-electron chi connectivity index (χ3n) is 4.16. The fraction of sp³-hybridized carbons (Fsp3) is 0.667. The Hall–Kier alpha value is -1.05. The first-order valence-corrected chi connectivity index (χ1v) is 6.26. The highest BCUT2D eigenvalue weighted by Crippen LogP contribution is 2.45. The molecule has 0 saturated carbocycles. The molecule has 0 saturated heterocycles. The zero-order valence-electron chi connectivity index (χ0n) is 12.1. The fourth-order valence-corrected chi connectivity index (χ4v) is 2.91. The van der Waals surface area contributed by atoms with E-state index in [1.54, 1.807) is 0 Å². The number of primary amides is 1. The van der Waals surface area contributed by atoms with Gasteiger partial charge in [0, 0.05) is 0 Å². The SMILES string of the molecule is CC1=C(C)C(C)C(C(C(N)=O)C(C)(C)C)=C1C. The molecule has 1 aliphatic rings. The highest BCUT2D eigenvalue weighted by Gasteiger charge is 2.39. The van der Waals surface area contributed by atoms with E-state index in [1.807, 2.05) is 0 Å². The van der Waals surface area contributed by atoms with Crippen molar-refractivity contribution in [1.82, 2.24) is 0 Å². The van der Waals surface area contributed by atoms with Crippen LogP contribution >= 0.6 is 0 Å². The molecule has 2 unspecified atom stereocenters. The van der Waals surface area contributed by atoms with Gasteiger partial charge >= 0.3 is 0 Å². The van der Waals surface area contributed by atoms with Gasteiger partial charge in [0.2, 0.25) is 5.91 Å². The van der Waals surface area contributed by atoms with E-state index in [9.17, 15) is 4.79 Å². The second-order valence-corrected chi connectivity index (χ2v) is 6.31. The first-order chi connectivity index (χ1) is 7.59. The predicted molar refractivity (Wildman–Crippen MR) is 72.4 cm³/mol. The minimum atomic E-state index is -0.207. The number of nitrogens with two attached hydrogens (primary N) is 1. The molecule has 2 N–H and O–H groups in total. The Balaban J connectivity index is 3.30. The second-order valence-electron chi connectivity index (χ2n) is 6.31. The molecular weight excluding hydrogens is 210 g/mol. The smallest absolute Gasteiger partial charge is 0.225 e. The molecule has 0 fully saturated rings. The third-order valence-corrected chi connectivity index (χ3v) is 4.16. The molecule has 17 heavy (non-hydrogen) atoms. The molecule has 0 aromatic heterocycles. The van der Waals surface area contributed by atoms with Crippen LogP contribution in [-0.2, 0) is 4.79 Å². The summed E-state index contributed by atoms with van der Waals surface area (Å²) in [5.41, 5.74) is 10.7. The number of rotatable bonds is 2. The Labute approximate surface area is 105 Å². The first kappa shape index (κ1) is 14.0. The molecule has 0 radical (unpaired) electrons. The molecule has 2 heteroatoms. The standard InChI is InChI=1S/C15H25NO/c1-8-9(2)11(4)12(10(8)3)13(14(16)17)15(5,6)7/h10,13H,1-7H3,(H2,16,17). The monoisotopic (exact) mass is 235 g/mol. The normalized spacial score (nSPS) is 23.4. The molecule has 0 aliphatic heterocycles. The van der Waals surface area contributed by atoms with Crippen LogP contribution in [0.15, 0.2) is 22.3 Å². The van der Waals surface area contributed by atoms with Gasteiger partial charge in [-0.25, -0.2) is 0 Å². The van der Waals surface area contributed by atoms with Gasteiger partial charge in [-0.3, -0.25) is 4.79 Å². The molecular formula is C15H25NO. The van der Waals surface area contributed by atoms with Crippen molar-refractivity contribution in [3.8, 4) is 0 Å². The van der Waals surface area contributed by atoms with Crippen molar-refractivity contribution in [3.05, 3.63) is 22.3 Å². The van der Waals surface area contributed by atoms with E-state index in [4.69, 9.17) is 5.73 Å². The zero-order valence-corrected chi connectivity index (χ0v) is 12.1. The Morgan fingerprint density at radius 1 is 1.18 bits per heavy atom. The van der Waals surface area contributed by atoms with E-state index < -0.39 is 0 Å². The number of hydrogen-bond acceptors (Lipinski definition) is 1. The molecule has 2 atom stereocenters. The number of hydrogen-bond donors (Lipinski definition) is 1. The van der Waals surface area contributed by atoms with Crippen molar-refractivity contribution >= 4 is 5.91 Å². The lowest BCUT2D eigenvalue weighted by atomic mass is 9.71. The summed E-state index contributed by atoms with van der Waals surface area (Å²) in [7, 11) is 0. The molecule has 0 aromatic carbocycles. The Morgan fingerprint density at radius 2 is 1.65 bits per heavy atom. The molecule has 1 amide bonds. The van der Waals surface area contributed by atoms with Crippen LogP contribution in [-0.4, -0.2) is 5.91 Å². The van der Waals surface area contributed by atoms with Crippen molar-refractivity contribution in [1.29, 1.82) is 0 Å². The van der Waals surface area contributed by atoms with Crippen molar-refractivity contribution in [2.75, 3.05) is 0 Å². The summed E-state index contributed by atoms with van der Waals surface area (Å²) >= 11 is 0. The minimum Gasteiger partial charge on any atom is -0.369 e. The summed E-state index contributed by atoms with van der Waals surface area (Å²) in [6.07, 6.45) is 0. The van der Waals surface area contributed by atoms with Gasteiger partial charge in [0.15, 0.2) is 0 Å². The lowest BCUT2D eigenvalue weighted by Gasteiger charge is -2.32. The number of carbonyl (C=O) groups is 1. The van der Waals surface area contributed by atoms with Crippen LogP contribution in [0.2, 0.25) is 0 Å². The summed E-state index contributed by atoms with van der Waals surface area (Å²) in [4.78, 5) is 11.8. The maximum Gasteiger partial charge on any atom is 0.225 e. The van der Waals surface area contributed by atoms with Crippen LogP contribution < -0.4 is 5.73 Å². The van der Waals surface area contributed by atoms with E-state index in [0.29, 0.717) is 5.92 Å². The van der Waals surface area contributed by atoms with Crippen molar-refractivity contribution < 1.29 is 4.79 Å². The van der Waals surface area contributed by atoms with Crippen molar-refractivity contribution in [2.24, 2.45) is 23.0 Å². The van der Waals surface area contributed by atoms with E-state index >= 15 is 0 Å². The summed E-state index contributed by atoms with van der Waals surface area (Å²) in [5.74, 6) is -0.0437. The predicted octanol–water partition coefficient (Wildman–Crippen LogP) is 3.44. The maximum absolute atomic E-state index is 11.8. The third kappa shape index (κ3) is 2.31. The summed E-state index contributed by atoms with van der Waals surface area (Å²) in [6.45, 7) is 14.8. The first-order valence-electron chi connectivity index (χ1n) is 6.26. The molecule has 2 nitrogen and oxygen atoms in total.